The quantitative estimate of drug-likeness (QED) is 0.608. The molecule has 0 aromatic heterocycles. The topological polar surface area (TPSA) is 55.8 Å². The Kier molecular flexibility index (Phi) is 5.26. The van der Waals surface area contributed by atoms with E-state index in [1.165, 1.54) is 0 Å². The van der Waals surface area contributed by atoms with Crippen molar-refractivity contribution < 1.29 is 19.1 Å². The van der Waals surface area contributed by atoms with Crippen molar-refractivity contribution in [1.82, 2.24) is 0 Å². The van der Waals surface area contributed by atoms with Crippen molar-refractivity contribution in [3.63, 3.8) is 0 Å². The van der Waals surface area contributed by atoms with E-state index >= 15 is 0 Å². The third kappa shape index (κ3) is 4.04. The summed E-state index contributed by atoms with van der Waals surface area (Å²) in [5.74, 6) is 0.386. The van der Waals surface area contributed by atoms with Gasteiger partial charge in [-0.25, -0.2) is 0 Å². The van der Waals surface area contributed by atoms with Gasteiger partial charge in [0.2, 0.25) is 5.91 Å². The molecular weight excluding hydrogens is 330 g/mol. The maximum atomic E-state index is 12.5. The second-order valence-corrected chi connectivity index (χ2v) is 6.58. The molecule has 1 aliphatic heterocycles. The zero-order chi connectivity index (χ0) is 18.7. The van der Waals surface area contributed by atoms with Gasteiger partial charge in [0.15, 0.2) is 0 Å². The number of hydrogen-bond donors (Lipinski definition) is 0. The minimum absolute atomic E-state index is 0.0727. The summed E-state index contributed by atoms with van der Waals surface area (Å²) in [6.07, 6.45) is 0.164. The summed E-state index contributed by atoms with van der Waals surface area (Å²) in [4.78, 5) is 26.5. The second kappa shape index (κ2) is 7.60. The van der Waals surface area contributed by atoms with Gasteiger partial charge in [-0.2, -0.15) is 0 Å². The third-order valence-corrected chi connectivity index (χ3v) is 4.33. The zero-order valence-electron chi connectivity index (χ0n) is 15.3. The summed E-state index contributed by atoms with van der Waals surface area (Å²) in [7, 11) is 0. The van der Waals surface area contributed by atoms with Crippen LogP contribution in [0, 0.1) is 19.8 Å². The van der Waals surface area contributed by atoms with Crippen LogP contribution in [0.2, 0.25) is 0 Å². The minimum atomic E-state index is -0.463. The van der Waals surface area contributed by atoms with Crippen molar-refractivity contribution in [2.24, 2.45) is 5.92 Å². The van der Waals surface area contributed by atoms with Gasteiger partial charge in [-0.05, 0) is 68.3 Å². The summed E-state index contributed by atoms with van der Waals surface area (Å²) in [5, 5.41) is 0. The van der Waals surface area contributed by atoms with Crippen LogP contribution in [0.25, 0.3) is 0 Å². The smallest absolute Gasteiger partial charge is 0.316 e. The van der Waals surface area contributed by atoms with Crippen LogP contribution < -0.4 is 14.4 Å². The maximum absolute atomic E-state index is 12.5. The molecule has 2 aromatic rings. The first-order valence-electron chi connectivity index (χ1n) is 8.79. The highest BCUT2D eigenvalue weighted by molar-refractivity contribution is 5.99. The lowest BCUT2D eigenvalue weighted by Gasteiger charge is -2.17. The molecule has 5 heteroatoms. The monoisotopic (exact) mass is 353 g/mol. The SMILES string of the molecule is CCOc1ccc(N2CC(C(=O)Oc3cc(C)cc(C)c3)CC2=O)cc1. The molecule has 1 aliphatic rings. The highest BCUT2D eigenvalue weighted by Crippen LogP contribution is 2.28. The Morgan fingerprint density at radius 3 is 2.35 bits per heavy atom. The first-order valence-corrected chi connectivity index (χ1v) is 8.79. The Bertz CT molecular complexity index is 793. The lowest BCUT2D eigenvalue weighted by atomic mass is 10.1. The maximum Gasteiger partial charge on any atom is 0.316 e. The molecule has 0 aliphatic carbocycles. The fraction of sp³-hybridized carbons (Fsp3) is 0.333. The highest BCUT2D eigenvalue weighted by Gasteiger charge is 2.36. The molecule has 1 heterocycles. The summed E-state index contributed by atoms with van der Waals surface area (Å²) in [6, 6.07) is 13.0. The van der Waals surface area contributed by atoms with E-state index in [0.29, 0.717) is 18.9 Å². The molecule has 1 amide bonds. The first-order chi connectivity index (χ1) is 12.5. The van der Waals surface area contributed by atoms with E-state index in [2.05, 4.69) is 0 Å². The van der Waals surface area contributed by atoms with Crippen molar-refractivity contribution in [3.8, 4) is 11.5 Å². The Labute approximate surface area is 153 Å². The second-order valence-electron chi connectivity index (χ2n) is 6.58. The highest BCUT2D eigenvalue weighted by atomic mass is 16.5. The van der Waals surface area contributed by atoms with Gasteiger partial charge in [0, 0.05) is 18.7 Å². The van der Waals surface area contributed by atoms with Crippen molar-refractivity contribution in [2.75, 3.05) is 18.1 Å². The molecule has 0 bridgehead atoms. The number of benzene rings is 2. The lowest BCUT2D eigenvalue weighted by molar-refractivity contribution is -0.139. The average Bonchev–Trinajstić information content (AvgIpc) is 2.97. The number of carbonyl (C=O) groups is 2. The van der Waals surface area contributed by atoms with Crippen LogP contribution in [-0.2, 0) is 9.59 Å². The number of anilines is 1. The third-order valence-electron chi connectivity index (χ3n) is 4.33. The van der Waals surface area contributed by atoms with Crippen LogP contribution >= 0.6 is 0 Å². The molecule has 1 fully saturated rings. The summed E-state index contributed by atoms with van der Waals surface area (Å²) in [5.41, 5.74) is 2.83. The van der Waals surface area contributed by atoms with Crippen LogP contribution in [0.1, 0.15) is 24.5 Å². The van der Waals surface area contributed by atoms with Gasteiger partial charge in [-0.3, -0.25) is 9.59 Å². The molecular formula is C21H23NO4. The molecule has 1 saturated heterocycles. The van der Waals surface area contributed by atoms with E-state index in [1.807, 2.05) is 63.2 Å². The van der Waals surface area contributed by atoms with Gasteiger partial charge in [0.25, 0.3) is 0 Å². The molecule has 2 aromatic carbocycles. The number of amides is 1. The Morgan fingerprint density at radius 2 is 1.73 bits per heavy atom. The fourth-order valence-corrected chi connectivity index (χ4v) is 3.20. The number of aryl methyl sites for hydroxylation is 2. The van der Waals surface area contributed by atoms with Gasteiger partial charge in [0.05, 0.1) is 12.5 Å². The van der Waals surface area contributed by atoms with Gasteiger partial charge in [-0.1, -0.05) is 6.07 Å². The van der Waals surface area contributed by atoms with Gasteiger partial charge < -0.3 is 14.4 Å². The van der Waals surface area contributed by atoms with Crippen LogP contribution in [0.15, 0.2) is 42.5 Å². The molecule has 1 atom stereocenters. The molecule has 0 spiro atoms. The van der Waals surface area contributed by atoms with Crippen LogP contribution in [0.4, 0.5) is 5.69 Å². The molecule has 3 rings (SSSR count). The normalized spacial score (nSPS) is 16.7. The number of hydrogen-bond acceptors (Lipinski definition) is 4. The number of nitrogens with zero attached hydrogens (tertiary/aromatic N) is 1. The van der Waals surface area contributed by atoms with E-state index in [-0.39, 0.29) is 18.3 Å². The predicted molar refractivity (Wildman–Crippen MR) is 99.6 cm³/mol. The van der Waals surface area contributed by atoms with Crippen molar-refractivity contribution in [1.29, 1.82) is 0 Å². The summed E-state index contributed by atoms with van der Waals surface area (Å²) in [6.45, 7) is 6.75. The van der Waals surface area contributed by atoms with E-state index in [1.54, 1.807) is 4.90 Å². The number of ether oxygens (including phenoxy) is 2. The Balaban J connectivity index is 1.67. The number of rotatable bonds is 5. The fourth-order valence-electron chi connectivity index (χ4n) is 3.20. The Morgan fingerprint density at radius 1 is 1.08 bits per heavy atom. The summed E-state index contributed by atoms with van der Waals surface area (Å²) < 4.78 is 10.9. The average molecular weight is 353 g/mol. The van der Waals surface area contributed by atoms with Gasteiger partial charge >= 0.3 is 5.97 Å². The van der Waals surface area contributed by atoms with E-state index in [9.17, 15) is 9.59 Å². The molecule has 0 radical (unpaired) electrons. The molecule has 1 unspecified atom stereocenters. The number of esters is 1. The van der Waals surface area contributed by atoms with Gasteiger partial charge in [0.1, 0.15) is 11.5 Å². The predicted octanol–water partition coefficient (Wildman–Crippen LogP) is 3.66. The van der Waals surface area contributed by atoms with E-state index in [4.69, 9.17) is 9.47 Å². The molecule has 5 nitrogen and oxygen atoms in total. The van der Waals surface area contributed by atoms with Crippen LogP contribution in [0.3, 0.4) is 0 Å². The minimum Gasteiger partial charge on any atom is -0.494 e. The molecule has 136 valence electrons. The Hall–Kier alpha value is -2.82. The molecule has 0 N–H and O–H groups in total. The van der Waals surface area contributed by atoms with Crippen LogP contribution in [0.5, 0.6) is 11.5 Å². The number of carbonyl (C=O) groups excluding carboxylic acids is 2. The van der Waals surface area contributed by atoms with E-state index < -0.39 is 5.92 Å². The van der Waals surface area contributed by atoms with E-state index in [0.717, 1.165) is 22.6 Å². The van der Waals surface area contributed by atoms with Crippen molar-refractivity contribution in [3.05, 3.63) is 53.6 Å². The molecule has 0 saturated carbocycles. The molecule has 26 heavy (non-hydrogen) atoms. The van der Waals surface area contributed by atoms with Crippen molar-refractivity contribution in [2.45, 2.75) is 27.2 Å². The van der Waals surface area contributed by atoms with Crippen LogP contribution in [-0.4, -0.2) is 25.0 Å². The largest absolute Gasteiger partial charge is 0.494 e. The standard InChI is InChI=1S/C21H23NO4/c1-4-25-18-7-5-17(6-8-18)22-13-16(12-20(22)23)21(24)26-19-10-14(2)9-15(3)11-19/h5-11,16H,4,12-13H2,1-3H3. The van der Waals surface area contributed by atoms with Gasteiger partial charge in [-0.15, -0.1) is 0 Å². The lowest BCUT2D eigenvalue weighted by Crippen LogP contribution is -2.27. The first kappa shape index (κ1) is 18.0. The summed E-state index contributed by atoms with van der Waals surface area (Å²) >= 11 is 0. The van der Waals surface area contributed by atoms with Crippen molar-refractivity contribution >= 4 is 17.6 Å². The zero-order valence-corrected chi connectivity index (χ0v) is 15.3.